The van der Waals surface area contributed by atoms with Crippen LogP contribution >= 0.6 is 12.2 Å². The number of hydrogen-bond acceptors (Lipinski definition) is 3. The van der Waals surface area contributed by atoms with Crippen LogP contribution < -0.4 is 5.32 Å². The first kappa shape index (κ1) is 19.2. The van der Waals surface area contributed by atoms with Crippen molar-refractivity contribution in [2.45, 2.75) is 56.8 Å². The molecule has 6 heteroatoms. The minimum absolute atomic E-state index is 0.0182. The van der Waals surface area contributed by atoms with Crippen LogP contribution in [0, 0.1) is 0 Å². The summed E-state index contributed by atoms with van der Waals surface area (Å²) in [6, 6.07) is 15.1. The van der Waals surface area contributed by atoms with Crippen LogP contribution in [0.25, 0.3) is 0 Å². The van der Waals surface area contributed by atoms with Gasteiger partial charge < -0.3 is 14.8 Å². The van der Waals surface area contributed by atoms with Gasteiger partial charge in [-0.1, -0.05) is 31.4 Å². The summed E-state index contributed by atoms with van der Waals surface area (Å²) in [5, 5.41) is 4.29. The topological polar surface area (TPSA) is 46.0 Å². The van der Waals surface area contributed by atoms with E-state index < -0.39 is 0 Å². The van der Waals surface area contributed by atoms with Crippen molar-refractivity contribution in [1.29, 1.82) is 0 Å². The SMILES string of the molecule is S=C1N[C@@H](c2ccccn2)[C@H](c2ccn(C3CCCCC3)c2)N1Cc1ccccn1. The lowest BCUT2D eigenvalue weighted by Crippen LogP contribution is -2.29. The molecule has 5 rings (SSSR count). The highest BCUT2D eigenvalue weighted by molar-refractivity contribution is 7.80. The Morgan fingerprint density at radius 3 is 2.50 bits per heavy atom. The summed E-state index contributed by atoms with van der Waals surface area (Å²) in [5.74, 6) is 0. The maximum atomic E-state index is 5.78. The molecular weight excluding hydrogens is 390 g/mol. The first-order valence-electron chi connectivity index (χ1n) is 10.8. The van der Waals surface area contributed by atoms with E-state index in [2.05, 4.69) is 55.3 Å². The Morgan fingerprint density at radius 2 is 1.77 bits per heavy atom. The van der Waals surface area contributed by atoms with Gasteiger partial charge in [-0.25, -0.2) is 0 Å². The molecule has 0 aromatic carbocycles. The molecule has 1 aliphatic heterocycles. The average molecular weight is 418 g/mol. The Bertz CT molecular complexity index is 981. The first-order chi connectivity index (χ1) is 14.8. The van der Waals surface area contributed by atoms with E-state index in [4.69, 9.17) is 12.2 Å². The number of pyridine rings is 2. The molecule has 154 valence electrons. The van der Waals surface area contributed by atoms with Crippen LogP contribution in [-0.2, 0) is 6.54 Å². The third-order valence-corrected chi connectivity index (χ3v) is 6.68. The van der Waals surface area contributed by atoms with Crippen molar-refractivity contribution < 1.29 is 0 Å². The van der Waals surface area contributed by atoms with E-state index in [1.807, 2.05) is 36.7 Å². The lowest BCUT2D eigenvalue weighted by Gasteiger charge is -2.27. The molecule has 2 atom stereocenters. The Balaban J connectivity index is 1.49. The van der Waals surface area contributed by atoms with Gasteiger partial charge in [0, 0.05) is 30.8 Å². The molecule has 2 aliphatic rings. The van der Waals surface area contributed by atoms with Gasteiger partial charge in [0.1, 0.15) is 0 Å². The van der Waals surface area contributed by atoms with E-state index in [0.717, 1.165) is 16.5 Å². The van der Waals surface area contributed by atoms with Crippen LogP contribution in [0.2, 0.25) is 0 Å². The monoisotopic (exact) mass is 417 g/mol. The standard InChI is InChI=1S/C24H27N5S/c30-24-27-22(21-11-5-7-14-26-21)23(29(24)17-19-8-4-6-13-25-19)18-12-15-28(16-18)20-9-2-1-3-10-20/h4-8,11-16,20,22-23H,1-3,9-10,17H2,(H,27,30)/t22-,23-/m0/s1. The normalized spacial score (nSPS) is 22.3. The fourth-order valence-corrected chi connectivity index (χ4v) is 5.12. The third-order valence-electron chi connectivity index (χ3n) is 6.33. The number of hydrogen-bond donors (Lipinski definition) is 1. The van der Waals surface area contributed by atoms with Crippen LogP contribution in [-0.4, -0.2) is 24.5 Å². The van der Waals surface area contributed by atoms with Crippen molar-refractivity contribution >= 4 is 17.3 Å². The van der Waals surface area contributed by atoms with Gasteiger partial charge in [0.15, 0.2) is 5.11 Å². The maximum absolute atomic E-state index is 5.78. The molecule has 3 aromatic heterocycles. The van der Waals surface area contributed by atoms with Crippen molar-refractivity contribution in [3.63, 3.8) is 0 Å². The van der Waals surface area contributed by atoms with Crippen molar-refractivity contribution in [3.05, 3.63) is 84.2 Å². The molecule has 0 unspecified atom stereocenters. The Kier molecular flexibility index (Phi) is 5.49. The molecule has 1 aliphatic carbocycles. The third kappa shape index (κ3) is 3.84. The van der Waals surface area contributed by atoms with E-state index >= 15 is 0 Å². The minimum atomic E-state index is 0.0182. The molecule has 3 aromatic rings. The summed E-state index contributed by atoms with van der Waals surface area (Å²) in [4.78, 5) is 11.4. The van der Waals surface area contributed by atoms with Crippen molar-refractivity contribution in [1.82, 2.24) is 24.8 Å². The van der Waals surface area contributed by atoms with Gasteiger partial charge in [0.2, 0.25) is 0 Å². The summed E-state index contributed by atoms with van der Waals surface area (Å²) < 4.78 is 2.42. The molecule has 0 radical (unpaired) electrons. The number of rotatable bonds is 5. The van der Waals surface area contributed by atoms with Crippen LogP contribution in [0.5, 0.6) is 0 Å². The number of nitrogens with zero attached hydrogens (tertiary/aromatic N) is 4. The highest BCUT2D eigenvalue weighted by Gasteiger charge is 2.40. The highest BCUT2D eigenvalue weighted by Crippen LogP contribution is 2.40. The van der Waals surface area contributed by atoms with Gasteiger partial charge in [-0.05, 0) is 61.0 Å². The van der Waals surface area contributed by atoms with Crippen LogP contribution in [0.4, 0.5) is 0 Å². The minimum Gasteiger partial charge on any atom is -0.352 e. The van der Waals surface area contributed by atoms with Gasteiger partial charge in [-0.3, -0.25) is 9.97 Å². The predicted molar refractivity (Wildman–Crippen MR) is 122 cm³/mol. The quantitative estimate of drug-likeness (QED) is 0.595. The molecule has 1 N–H and O–H groups in total. The van der Waals surface area contributed by atoms with Gasteiger partial charge >= 0.3 is 0 Å². The molecule has 4 heterocycles. The molecule has 30 heavy (non-hydrogen) atoms. The van der Waals surface area contributed by atoms with Crippen LogP contribution in [0.1, 0.15) is 67.2 Å². The zero-order valence-corrected chi connectivity index (χ0v) is 17.8. The Labute approximate surface area is 183 Å². The van der Waals surface area contributed by atoms with E-state index in [9.17, 15) is 0 Å². The zero-order valence-electron chi connectivity index (χ0n) is 17.0. The Hall–Kier alpha value is -2.73. The van der Waals surface area contributed by atoms with Gasteiger partial charge in [0.05, 0.1) is 30.0 Å². The van der Waals surface area contributed by atoms with E-state index in [-0.39, 0.29) is 12.1 Å². The molecule has 0 spiro atoms. The molecule has 0 amide bonds. The van der Waals surface area contributed by atoms with E-state index in [1.54, 1.807) is 0 Å². The summed E-state index contributed by atoms with van der Waals surface area (Å²) >= 11 is 5.78. The molecule has 1 saturated carbocycles. The van der Waals surface area contributed by atoms with E-state index in [0.29, 0.717) is 12.6 Å². The second-order valence-electron chi connectivity index (χ2n) is 8.26. The van der Waals surface area contributed by atoms with Crippen LogP contribution in [0.3, 0.4) is 0 Å². The summed E-state index contributed by atoms with van der Waals surface area (Å²) in [6.45, 7) is 0.676. The fraction of sp³-hybridized carbons (Fsp3) is 0.375. The molecular formula is C24H27N5S. The smallest absolute Gasteiger partial charge is 0.170 e. The van der Waals surface area contributed by atoms with Gasteiger partial charge in [-0.15, -0.1) is 0 Å². The number of aromatic nitrogens is 3. The van der Waals surface area contributed by atoms with Crippen molar-refractivity contribution in [2.24, 2.45) is 0 Å². The second-order valence-corrected chi connectivity index (χ2v) is 8.65. The first-order valence-corrected chi connectivity index (χ1v) is 11.3. The van der Waals surface area contributed by atoms with Crippen molar-refractivity contribution in [3.8, 4) is 0 Å². The summed E-state index contributed by atoms with van der Waals surface area (Å²) in [7, 11) is 0. The van der Waals surface area contributed by atoms with Crippen LogP contribution in [0.15, 0.2) is 67.3 Å². The summed E-state index contributed by atoms with van der Waals surface area (Å²) in [5.41, 5.74) is 3.30. The maximum Gasteiger partial charge on any atom is 0.170 e. The molecule has 1 saturated heterocycles. The number of nitrogens with one attached hydrogen (secondary N) is 1. The largest absolute Gasteiger partial charge is 0.352 e. The zero-order chi connectivity index (χ0) is 20.3. The second kappa shape index (κ2) is 8.56. The lowest BCUT2D eigenvalue weighted by atomic mass is 9.95. The highest BCUT2D eigenvalue weighted by atomic mass is 32.1. The van der Waals surface area contributed by atoms with Gasteiger partial charge in [0.25, 0.3) is 0 Å². The Morgan fingerprint density at radius 1 is 0.967 bits per heavy atom. The van der Waals surface area contributed by atoms with Crippen molar-refractivity contribution in [2.75, 3.05) is 0 Å². The molecule has 5 nitrogen and oxygen atoms in total. The van der Waals surface area contributed by atoms with Gasteiger partial charge in [-0.2, -0.15) is 0 Å². The average Bonchev–Trinajstić information content (AvgIpc) is 3.41. The fourth-order valence-electron chi connectivity index (χ4n) is 4.82. The van der Waals surface area contributed by atoms with E-state index in [1.165, 1.54) is 37.7 Å². The molecule has 0 bridgehead atoms. The predicted octanol–water partition coefficient (Wildman–Crippen LogP) is 4.96. The summed E-state index contributed by atoms with van der Waals surface area (Å²) in [6.07, 6.45) is 14.8. The lowest BCUT2D eigenvalue weighted by molar-refractivity contribution is 0.306. The number of thiocarbonyl (C=S) groups is 1. The molecule has 2 fully saturated rings.